The first-order valence-electron chi connectivity index (χ1n) is 9.95. The van der Waals surface area contributed by atoms with Crippen LogP contribution in [-0.2, 0) is 16.0 Å². The van der Waals surface area contributed by atoms with Gasteiger partial charge in [0.25, 0.3) is 0 Å². The Morgan fingerprint density at radius 3 is 2.65 bits per heavy atom. The summed E-state index contributed by atoms with van der Waals surface area (Å²) in [6.07, 6.45) is 7.40. The first kappa shape index (κ1) is 19.2. The average molecular weight is 360 g/mol. The molecule has 0 spiro atoms. The molecule has 0 radical (unpaired) electrons. The third-order valence-corrected chi connectivity index (χ3v) is 5.89. The third-order valence-electron chi connectivity index (χ3n) is 5.89. The Kier molecular flexibility index (Phi) is 6.92. The van der Waals surface area contributed by atoms with Crippen LogP contribution in [0.2, 0.25) is 0 Å². The monoisotopic (exact) mass is 360 g/mol. The normalized spacial score (nSPS) is 20.5. The van der Waals surface area contributed by atoms with E-state index in [4.69, 9.17) is 9.47 Å². The molecular weight excluding hydrogens is 328 g/mol. The number of rotatable bonds is 7. The Bertz CT molecular complexity index is 578. The molecule has 2 fully saturated rings. The maximum atomic E-state index is 12.5. The topological polar surface area (TPSA) is 50.8 Å². The number of benzene rings is 1. The zero-order valence-electron chi connectivity index (χ0n) is 16.0. The lowest BCUT2D eigenvalue weighted by molar-refractivity contribution is -0.122. The number of carbonyl (C=O) groups excluding carboxylic acids is 1. The molecule has 1 N–H and O–H groups in total. The number of hydrogen-bond donors (Lipinski definition) is 1. The highest BCUT2D eigenvalue weighted by Gasteiger charge is 2.38. The Morgan fingerprint density at radius 1 is 1.19 bits per heavy atom. The average Bonchev–Trinajstić information content (AvgIpc) is 2.72. The minimum absolute atomic E-state index is 0.127. The smallest absolute Gasteiger partial charge is 0.220 e. The minimum Gasteiger partial charge on any atom is -0.496 e. The second kappa shape index (κ2) is 9.38. The molecule has 0 unspecified atom stereocenters. The number of para-hydroxylation sites is 1. The number of ether oxygens (including phenoxy) is 2. The van der Waals surface area contributed by atoms with Gasteiger partial charge in [-0.1, -0.05) is 37.5 Å². The molecule has 26 heavy (non-hydrogen) atoms. The molecule has 1 aromatic rings. The number of nitrogens with one attached hydrogen (secondary N) is 1. The second-order valence-electron chi connectivity index (χ2n) is 7.47. The molecule has 144 valence electrons. The van der Waals surface area contributed by atoms with E-state index in [0.717, 1.165) is 44.2 Å². The lowest BCUT2D eigenvalue weighted by atomic mass is 9.79. The van der Waals surface area contributed by atoms with Crippen LogP contribution in [0.4, 0.5) is 0 Å². The van der Waals surface area contributed by atoms with Gasteiger partial charge in [-0.15, -0.1) is 0 Å². The van der Waals surface area contributed by atoms with E-state index in [0.29, 0.717) is 12.8 Å². The van der Waals surface area contributed by atoms with E-state index < -0.39 is 0 Å². The van der Waals surface area contributed by atoms with Crippen molar-refractivity contribution in [2.75, 3.05) is 40.0 Å². The number of amides is 1. The summed E-state index contributed by atoms with van der Waals surface area (Å²) in [5, 5.41) is 3.24. The van der Waals surface area contributed by atoms with Crippen LogP contribution >= 0.6 is 0 Å². The van der Waals surface area contributed by atoms with Crippen LogP contribution in [0.25, 0.3) is 0 Å². The number of nitrogens with zero attached hydrogens (tertiary/aromatic N) is 1. The van der Waals surface area contributed by atoms with Gasteiger partial charge in [-0.2, -0.15) is 0 Å². The van der Waals surface area contributed by atoms with Crippen molar-refractivity contribution in [1.29, 1.82) is 0 Å². The molecule has 5 nitrogen and oxygen atoms in total. The first-order valence-corrected chi connectivity index (χ1v) is 9.95. The van der Waals surface area contributed by atoms with Crippen molar-refractivity contribution in [3.63, 3.8) is 0 Å². The lowest BCUT2D eigenvalue weighted by Crippen LogP contribution is -2.59. The Morgan fingerprint density at radius 2 is 1.92 bits per heavy atom. The van der Waals surface area contributed by atoms with Crippen molar-refractivity contribution >= 4 is 5.91 Å². The summed E-state index contributed by atoms with van der Waals surface area (Å²) in [7, 11) is 1.67. The lowest BCUT2D eigenvalue weighted by Gasteiger charge is -2.48. The van der Waals surface area contributed by atoms with Gasteiger partial charge in [0.1, 0.15) is 5.75 Å². The van der Waals surface area contributed by atoms with E-state index in [1.807, 2.05) is 24.3 Å². The van der Waals surface area contributed by atoms with Crippen LogP contribution in [0.3, 0.4) is 0 Å². The van der Waals surface area contributed by atoms with Crippen molar-refractivity contribution < 1.29 is 14.3 Å². The molecule has 5 heteroatoms. The van der Waals surface area contributed by atoms with Crippen LogP contribution in [-0.4, -0.2) is 56.3 Å². The molecule has 0 bridgehead atoms. The number of morpholine rings is 1. The van der Waals surface area contributed by atoms with Gasteiger partial charge in [0.2, 0.25) is 5.91 Å². The Balaban J connectivity index is 1.54. The van der Waals surface area contributed by atoms with Gasteiger partial charge in [0.15, 0.2) is 0 Å². The molecule has 1 aromatic carbocycles. The first-order chi connectivity index (χ1) is 12.7. The van der Waals surface area contributed by atoms with E-state index in [9.17, 15) is 4.79 Å². The predicted octanol–water partition coefficient (Wildman–Crippen LogP) is 2.78. The highest BCUT2D eigenvalue weighted by Crippen LogP contribution is 2.34. The molecular formula is C21H32N2O3. The highest BCUT2D eigenvalue weighted by atomic mass is 16.5. The Labute approximate surface area is 157 Å². The van der Waals surface area contributed by atoms with Crippen LogP contribution in [0, 0.1) is 0 Å². The van der Waals surface area contributed by atoms with E-state index in [2.05, 4.69) is 10.2 Å². The quantitative estimate of drug-likeness (QED) is 0.812. The number of aryl methyl sites for hydroxylation is 1. The molecule has 0 atom stereocenters. The van der Waals surface area contributed by atoms with Crippen molar-refractivity contribution in [1.82, 2.24) is 10.2 Å². The summed E-state index contributed by atoms with van der Waals surface area (Å²) in [4.78, 5) is 15.1. The van der Waals surface area contributed by atoms with E-state index in [1.54, 1.807) is 7.11 Å². The van der Waals surface area contributed by atoms with Crippen molar-refractivity contribution in [3.8, 4) is 5.75 Å². The zero-order chi connectivity index (χ0) is 18.2. The molecule has 1 aliphatic carbocycles. The summed E-state index contributed by atoms with van der Waals surface area (Å²) in [5.74, 6) is 0.992. The maximum absolute atomic E-state index is 12.5. The van der Waals surface area contributed by atoms with Gasteiger partial charge >= 0.3 is 0 Å². The molecule has 3 rings (SSSR count). The molecule has 0 aromatic heterocycles. The summed E-state index contributed by atoms with van der Waals surface area (Å²) < 4.78 is 10.9. The van der Waals surface area contributed by atoms with Crippen LogP contribution < -0.4 is 10.1 Å². The summed E-state index contributed by atoms with van der Waals surface area (Å²) in [6.45, 7) is 4.35. The maximum Gasteiger partial charge on any atom is 0.220 e. The highest BCUT2D eigenvalue weighted by molar-refractivity contribution is 5.76. The van der Waals surface area contributed by atoms with Crippen molar-refractivity contribution in [2.24, 2.45) is 0 Å². The zero-order valence-corrected chi connectivity index (χ0v) is 16.0. The fourth-order valence-electron chi connectivity index (χ4n) is 4.36. The summed E-state index contributed by atoms with van der Waals surface area (Å²) in [5.41, 5.74) is 1.22. The molecule has 1 amide bonds. The van der Waals surface area contributed by atoms with E-state index >= 15 is 0 Å². The molecule has 1 heterocycles. The van der Waals surface area contributed by atoms with Gasteiger partial charge < -0.3 is 14.8 Å². The van der Waals surface area contributed by atoms with Gasteiger partial charge in [-0.3, -0.25) is 9.69 Å². The Hall–Kier alpha value is -1.59. The molecule has 1 saturated heterocycles. The van der Waals surface area contributed by atoms with E-state index in [1.165, 1.54) is 32.1 Å². The van der Waals surface area contributed by atoms with Crippen LogP contribution in [0.5, 0.6) is 5.75 Å². The number of methoxy groups -OCH3 is 1. The van der Waals surface area contributed by atoms with Gasteiger partial charge in [-0.05, 0) is 30.9 Å². The molecule has 1 saturated carbocycles. The molecule has 2 aliphatic rings. The van der Waals surface area contributed by atoms with Gasteiger partial charge in [-0.25, -0.2) is 0 Å². The van der Waals surface area contributed by atoms with Gasteiger partial charge in [0.05, 0.1) is 20.3 Å². The molecule has 1 aliphatic heterocycles. The fourth-order valence-corrected chi connectivity index (χ4v) is 4.36. The number of carbonyl (C=O) groups is 1. The van der Waals surface area contributed by atoms with Gasteiger partial charge in [0, 0.05) is 31.6 Å². The number of hydrogen-bond acceptors (Lipinski definition) is 4. The SMILES string of the molecule is COc1ccccc1CCC(=O)NCC1(N2CCOCC2)CCCCC1. The van der Waals surface area contributed by atoms with Crippen molar-refractivity contribution in [3.05, 3.63) is 29.8 Å². The summed E-state index contributed by atoms with van der Waals surface area (Å²) >= 11 is 0. The van der Waals surface area contributed by atoms with Crippen LogP contribution in [0.15, 0.2) is 24.3 Å². The second-order valence-corrected chi connectivity index (χ2v) is 7.47. The largest absolute Gasteiger partial charge is 0.496 e. The fraction of sp³-hybridized carbons (Fsp3) is 0.667. The van der Waals surface area contributed by atoms with Crippen LogP contribution in [0.1, 0.15) is 44.1 Å². The minimum atomic E-state index is 0.127. The summed E-state index contributed by atoms with van der Waals surface area (Å²) in [6, 6.07) is 7.92. The standard InChI is InChI=1S/C21H32N2O3/c1-25-19-8-4-3-7-18(19)9-10-20(24)22-17-21(11-5-2-6-12-21)23-13-15-26-16-14-23/h3-4,7-8H,2,5-6,9-17H2,1H3,(H,22,24). The predicted molar refractivity (Wildman–Crippen MR) is 103 cm³/mol. The van der Waals surface area contributed by atoms with E-state index in [-0.39, 0.29) is 11.4 Å². The van der Waals surface area contributed by atoms with Crippen molar-refractivity contribution in [2.45, 2.75) is 50.5 Å². The third kappa shape index (κ3) is 4.77.